The van der Waals surface area contributed by atoms with Gasteiger partial charge in [0.05, 0.1) is 18.0 Å². The van der Waals surface area contributed by atoms with Gasteiger partial charge in [-0.05, 0) is 36.6 Å². The highest BCUT2D eigenvalue weighted by atomic mass is 16.6. The first-order chi connectivity index (χ1) is 13.6. The minimum absolute atomic E-state index is 0.228. The van der Waals surface area contributed by atoms with E-state index in [9.17, 15) is 15.0 Å². The molecule has 146 valence electrons. The van der Waals surface area contributed by atoms with Gasteiger partial charge in [0.25, 0.3) is 0 Å². The number of hydrogen-bond acceptors (Lipinski definition) is 6. The maximum atomic E-state index is 12.2. The van der Waals surface area contributed by atoms with Crippen LogP contribution in [0, 0.1) is 0 Å². The second kappa shape index (κ2) is 6.46. The Labute approximate surface area is 162 Å². The number of amides is 1. The van der Waals surface area contributed by atoms with Crippen molar-refractivity contribution in [3.05, 3.63) is 42.2 Å². The van der Waals surface area contributed by atoms with Gasteiger partial charge < -0.3 is 19.7 Å². The van der Waals surface area contributed by atoms with Crippen molar-refractivity contribution < 1.29 is 24.5 Å². The van der Waals surface area contributed by atoms with Crippen LogP contribution in [-0.2, 0) is 10.3 Å². The lowest BCUT2D eigenvalue weighted by Crippen LogP contribution is -2.45. The highest BCUT2D eigenvalue weighted by molar-refractivity contribution is 5.94. The molecule has 0 bridgehead atoms. The first kappa shape index (κ1) is 17.5. The molecule has 2 fully saturated rings. The summed E-state index contributed by atoms with van der Waals surface area (Å²) in [6.45, 7) is 0.0473. The standard InChI is InChI=1S/C21H22N2O5/c24-11-18-16-12-27-17-9-13(3-5-15(17)23(16)20(25)28-18)14-4-6-19(22-10-14)21(26)7-1-2-8-21/h3-6,9-10,16,18,24,26H,1-2,7-8,11-12H2. The van der Waals surface area contributed by atoms with Crippen molar-refractivity contribution >= 4 is 11.8 Å². The molecule has 2 aliphatic heterocycles. The smallest absolute Gasteiger partial charge is 0.415 e. The third-order valence-electron chi connectivity index (χ3n) is 6.02. The first-order valence-corrected chi connectivity index (χ1v) is 9.66. The molecule has 1 saturated carbocycles. The van der Waals surface area contributed by atoms with Gasteiger partial charge in [-0.2, -0.15) is 0 Å². The normalized spacial score (nSPS) is 25.1. The number of aliphatic hydroxyl groups is 2. The summed E-state index contributed by atoms with van der Waals surface area (Å²) in [6, 6.07) is 9.15. The van der Waals surface area contributed by atoms with Crippen LogP contribution in [0.25, 0.3) is 11.1 Å². The third kappa shape index (κ3) is 2.65. The summed E-state index contributed by atoms with van der Waals surface area (Å²) in [5, 5.41) is 20.1. The monoisotopic (exact) mass is 382 g/mol. The molecule has 7 heteroatoms. The molecular formula is C21H22N2O5. The maximum absolute atomic E-state index is 12.2. The molecule has 2 atom stereocenters. The van der Waals surface area contributed by atoms with Crippen LogP contribution in [0.15, 0.2) is 36.5 Å². The highest BCUT2D eigenvalue weighted by Crippen LogP contribution is 2.41. The third-order valence-corrected chi connectivity index (χ3v) is 6.02. The fourth-order valence-corrected chi connectivity index (χ4v) is 4.42. The van der Waals surface area contributed by atoms with Gasteiger partial charge in [0.15, 0.2) is 6.10 Å². The number of carbonyl (C=O) groups is 1. The van der Waals surface area contributed by atoms with E-state index in [1.54, 1.807) is 11.1 Å². The fourth-order valence-electron chi connectivity index (χ4n) is 4.42. The van der Waals surface area contributed by atoms with Crippen LogP contribution in [0.2, 0.25) is 0 Å². The second-order valence-electron chi connectivity index (χ2n) is 7.71. The average molecular weight is 382 g/mol. The molecule has 1 aliphatic carbocycles. The summed E-state index contributed by atoms with van der Waals surface area (Å²) in [5.41, 5.74) is 2.40. The molecule has 5 rings (SSSR count). The average Bonchev–Trinajstić information content (AvgIpc) is 3.32. The summed E-state index contributed by atoms with van der Waals surface area (Å²) >= 11 is 0. The van der Waals surface area contributed by atoms with Crippen LogP contribution < -0.4 is 9.64 Å². The fraction of sp³-hybridized carbons (Fsp3) is 0.429. The van der Waals surface area contributed by atoms with Gasteiger partial charge in [-0.15, -0.1) is 0 Å². The Bertz CT molecular complexity index is 908. The van der Waals surface area contributed by atoms with Gasteiger partial charge in [0, 0.05) is 11.8 Å². The number of ether oxygens (including phenoxy) is 2. The van der Waals surface area contributed by atoms with Gasteiger partial charge in [-0.3, -0.25) is 9.88 Å². The van der Waals surface area contributed by atoms with Crippen LogP contribution in [0.1, 0.15) is 31.4 Å². The minimum Gasteiger partial charge on any atom is -0.489 e. The van der Waals surface area contributed by atoms with Crippen molar-refractivity contribution in [1.82, 2.24) is 4.98 Å². The Kier molecular flexibility index (Phi) is 4.03. The molecule has 1 aromatic heterocycles. The van der Waals surface area contributed by atoms with Crippen molar-refractivity contribution in [2.45, 2.75) is 43.4 Å². The van der Waals surface area contributed by atoms with Gasteiger partial charge in [-0.25, -0.2) is 4.79 Å². The van der Waals surface area contributed by atoms with E-state index in [0.29, 0.717) is 11.4 Å². The van der Waals surface area contributed by atoms with Crippen LogP contribution in [0.3, 0.4) is 0 Å². The molecule has 2 aromatic rings. The van der Waals surface area contributed by atoms with Crippen molar-refractivity contribution in [2.24, 2.45) is 0 Å². The van der Waals surface area contributed by atoms with Crippen LogP contribution in [-0.4, -0.2) is 46.6 Å². The van der Waals surface area contributed by atoms with E-state index >= 15 is 0 Å². The highest BCUT2D eigenvalue weighted by Gasteiger charge is 2.46. The topological polar surface area (TPSA) is 92.1 Å². The number of rotatable bonds is 3. The zero-order valence-corrected chi connectivity index (χ0v) is 15.4. The quantitative estimate of drug-likeness (QED) is 0.848. The zero-order valence-electron chi connectivity index (χ0n) is 15.4. The Morgan fingerprint density at radius 1 is 1.18 bits per heavy atom. The van der Waals surface area contributed by atoms with E-state index in [1.165, 1.54) is 0 Å². The van der Waals surface area contributed by atoms with Crippen LogP contribution in [0.5, 0.6) is 5.75 Å². The van der Waals surface area contributed by atoms with Crippen LogP contribution >= 0.6 is 0 Å². The number of aliphatic hydroxyl groups excluding tert-OH is 1. The number of benzene rings is 1. The van der Waals surface area contributed by atoms with E-state index in [1.807, 2.05) is 30.3 Å². The molecule has 0 spiro atoms. The second-order valence-corrected chi connectivity index (χ2v) is 7.71. The lowest BCUT2D eigenvalue weighted by atomic mass is 9.96. The summed E-state index contributed by atoms with van der Waals surface area (Å²) in [5.74, 6) is 0.600. The number of pyridine rings is 1. The molecule has 1 aromatic carbocycles. The Hall–Kier alpha value is -2.64. The summed E-state index contributed by atoms with van der Waals surface area (Å²) in [6.07, 6.45) is 4.31. The van der Waals surface area contributed by atoms with Crippen molar-refractivity contribution in [3.8, 4) is 16.9 Å². The van der Waals surface area contributed by atoms with Gasteiger partial charge >= 0.3 is 6.09 Å². The van der Waals surface area contributed by atoms with Gasteiger partial charge in [-0.1, -0.05) is 25.0 Å². The molecule has 28 heavy (non-hydrogen) atoms. The molecule has 0 radical (unpaired) electrons. The van der Waals surface area contributed by atoms with E-state index < -0.39 is 17.8 Å². The SMILES string of the molecule is O=C1OC(CO)C2COc3cc(-c4ccc(C5(O)CCCC5)nc4)ccc3N12. The van der Waals surface area contributed by atoms with Crippen molar-refractivity contribution in [2.75, 3.05) is 18.1 Å². The number of anilines is 1. The van der Waals surface area contributed by atoms with E-state index in [-0.39, 0.29) is 19.3 Å². The molecule has 7 nitrogen and oxygen atoms in total. The van der Waals surface area contributed by atoms with E-state index in [4.69, 9.17) is 9.47 Å². The number of nitrogens with zero attached hydrogens (tertiary/aromatic N) is 2. The predicted molar refractivity (Wildman–Crippen MR) is 101 cm³/mol. The zero-order chi connectivity index (χ0) is 19.3. The number of hydrogen-bond donors (Lipinski definition) is 2. The lowest BCUT2D eigenvalue weighted by Gasteiger charge is -2.31. The van der Waals surface area contributed by atoms with Crippen molar-refractivity contribution in [3.63, 3.8) is 0 Å². The number of fused-ring (bicyclic) bond motifs is 3. The molecule has 2 unspecified atom stereocenters. The molecule has 1 amide bonds. The Balaban J connectivity index is 1.43. The minimum atomic E-state index is -0.800. The molecule has 2 N–H and O–H groups in total. The molecule has 1 saturated heterocycles. The molecule has 3 aliphatic rings. The lowest BCUT2D eigenvalue weighted by molar-refractivity contribution is 0.0400. The van der Waals surface area contributed by atoms with Crippen molar-refractivity contribution in [1.29, 1.82) is 0 Å². The van der Waals surface area contributed by atoms with Gasteiger partial charge in [0.1, 0.15) is 24.0 Å². The Morgan fingerprint density at radius 3 is 2.68 bits per heavy atom. The maximum Gasteiger partial charge on any atom is 0.415 e. The molecule has 3 heterocycles. The Morgan fingerprint density at radius 2 is 1.96 bits per heavy atom. The number of cyclic esters (lactones) is 1. The predicted octanol–water partition coefficient (Wildman–Crippen LogP) is 2.59. The summed E-state index contributed by atoms with van der Waals surface area (Å²) < 4.78 is 11.1. The van der Waals surface area contributed by atoms with Gasteiger partial charge in [0.2, 0.25) is 0 Å². The molecular weight excluding hydrogens is 360 g/mol. The summed E-state index contributed by atoms with van der Waals surface area (Å²) in [4.78, 5) is 18.3. The first-order valence-electron chi connectivity index (χ1n) is 9.66. The largest absolute Gasteiger partial charge is 0.489 e. The van der Waals surface area contributed by atoms with E-state index in [0.717, 1.165) is 42.5 Å². The number of aromatic nitrogens is 1. The van der Waals surface area contributed by atoms with Crippen LogP contribution in [0.4, 0.5) is 10.5 Å². The number of carbonyl (C=O) groups excluding carboxylic acids is 1. The van der Waals surface area contributed by atoms with E-state index in [2.05, 4.69) is 4.98 Å². The summed E-state index contributed by atoms with van der Waals surface area (Å²) in [7, 11) is 0.